The van der Waals surface area contributed by atoms with Gasteiger partial charge in [0.1, 0.15) is 0 Å². The fraction of sp³-hybridized carbons (Fsp3) is 0.333. The molecule has 0 aliphatic rings. The molecule has 1 aromatic rings. The van der Waals surface area contributed by atoms with Crippen molar-refractivity contribution >= 4 is 17.9 Å². The molecule has 0 heterocycles. The average Bonchev–Trinajstić information content (AvgIpc) is 2.42. The van der Waals surface area contributed by atoms with Gasteiger partial charge in [-0.15, -0.1) is 0 Å². The molecule has 0 saturated carbocycles. The van der Waals surface area contributed by atoms with Gasteiger partial charge in [0.25, 0.3) is 0 Å². The molecule has 0 unspecified atom stereocenters. The largest absolute Gasteiger partial charge is 0.395 e. The summed E-state index contributed by atoms with van der Waals surface area (Å²) in [5.74, 6) is -0.640. The van der Waals surface area contributed by atoms with Crippen molar-refractivity contribution in [2.24, 2.45) is 5.73 Å². The topological polar surface area (TPSA) is 83.6 Å². The van der Waals surface area contributed by atoms with Crippen molar-refractivity contribution in [1.82, 2.24) is 4.90 Å². The molecular weight excluding hydrogens is 256 g/mol. The van der Waals surface area contributed by atoms with Crippen LogP contribution in [0.2, 0.25) is 0 Å². The molecule has 1 aromatic carbocycles. The van der Waals surface area contributed by atoms with Crippen LogP contribution in [0.4, 0.5) is 0 Å². The molecule has 2 amide bonds. The van der Waals surface area contributed by atoms with Crippen molar-refractivity contribution in [1.29, 1.82) is 0 Å². The van der Waals surface area contributed by atoms with Gasteiger partial charge >= 0.3 is 0 Å². The van der Waals surface area contributed by atoms with Gasteiger partial charge in [0.15, 0.2) is 0 Å². The van der Waals surface area contributed by atoms with E-state index in [1.54, 1.807) is 35.2 Å². The lowest BCUT2D eigenvalue weighted by atomic mass is 10.1. The Morgan fingerprint density at radius 2 is 1.90 bits per heavy atom. The predicted molar refractivity (Wildman–Crippen MR) is 77.9 cm³/mol. The van der Waals surface area contributed by atoms with Crippen LogP contribution in [0.15, 0.2) is 30.3 Å². The minimum absolute atomic E-state index is 0.0246. The van der Waals surface area contributed by atoms with E-state index >= 15 is 0 Å². The zero-order valence-corrected chi connectivity index (χ0v) is 11.7. The number of benzene rings is 1. The smallest absolute Gasteiger partial charge is 0.248 e. The van der Waals surface area contributed by atoms with E-state index in [9.17, 15) is 9.59 Å². The molecule has 0 aliphatic heterocycles. The number of nitrogens with zero attached hydrogens (tertiary/aromatic N) is 1. The zero-order valence-electron chi connectivity index (χ0n) is 11.7. The first-order valence-corrected chi connectivity index (χ1v) is 6.45. The molecule has 5 nitrogen and oxygen atoms in total. The second-order valence-electron chi connectivity index (χ2n) is 4.67. The number of hydrogen-bond acceptors (Lipinski definition) is 3. The van der Waals surface area contributed by atoms with Crippen molar-refractivity contribution in [3.63, 3.8) is 0 Å². The van der Waals surface area contributed by atoms with E-state index in [-0.39, 0.29) is 18.6 Å². The number of aliphatic hydroxyl groups excluding tert-OH is 1. The highest BCUT2D eigenvalue weighted by Gasteiger charge is 2.13. The van der Waals surface area contributed by atoms with E-state index in [4.69, 9.17) is 10.8 Å². The number of primary amides is 1. The number of carbonyl (C=O) groups excluding carboxylic acids is 2. The molecule has 3 N–H and O–H groups in total. The molecule has 0 bridgehead atoms. The molecule has 0 aliphatic carbocycles. The Bertz CT molecular complexity index is 492. The quantitative estimate of drug-likeness (QED) is 0.761. The first-order valence-electron chi connectivity index (χ1n) is 6.45. The van der Waals surface area contributed by atoms with Crippen molar-refractivity contribution in [2.45, 2.75) is 19.9 Å². The van der Waals surface area contributed by atoms with Crippen LogP contribution in [-0.2, 0) is 4.79 Å². The minimum Gasteiger partial charge on any atom is -0.395 e. The summed E-state index contributed by atoms with van der Waals surface area (Å²) in [6.07, 6.45) is 3.12. The third kappa shape index (κ3) is 4.51. The summed E-state index contributed by atoms with van der Waals surface area (Å²) in [5, 5.41) is 8.94. The number of rotatable bonds is 6. The third-order valence-corrected chi connectivity index (χ3v) is 2.86. The Morgan fingerprint density at radius 1 is 1.30 bits per heavy atom. The van der Waals surface area contributed by atoms with E-state index in [0.717, 1.165) is 5.56 Å². The lowest BCUT2D eigenvalue weighted by Crippen LogP contribution is -2.37. The summed E-state index contributed by atoms with van der Waals surface area (Å²) in [7, 11) is 0. The lowest BCUT2D eigenvalue weighted by Gasteiger charge is -2.24. The first-order chi connectivity index (χ1) is 9.45. The average molecular weight is 276 g/mol. The predicted octanol–water partition coefficient (Wildman–Crippen LogP) is 1.03. The van der Waals surface area contributed by atoms with Crippen LogP contribution in [0.5, 0.6) is 0 Å². The molecule has 5 heteroatoms. The van der Waals surface area contributed by atoms with Gasteiger partial charge in [-0.2, -0.15) is 0 Å². The third-order valence-electron chi connectivity index (χ3n) is 2.86. The van der Waals surface area contributed by atoms with Gasteiger partial charge in [-0.1, -0.05) is 12.1 Å². The second kappa shape index (κ2) is 7.45. The monoisotopic (exact) mass is 276 g/mol. The summed E-state index contributed by atoms with van der Waals surface area (Å²) >= 11 is 0. The maximum Gasteiger partial charge on any atom is 0.248 e. The normalized spacial score (nSPS) is 11.0. The van der Waals surface area contributed by atoms with Gasteiger partial charge in [-0.05, 0) is 37.6 Å². The highest BCUT2D eigenvalue weighted by atomic mass is 16.3. The summed E-state index contributed by atoms with van der Waals surface area (Å²) in [5.41, 5.74) is 6.38. The Labute approximate surface area is 118 Å². The van der Waals surface area contributed by atoms with Crippen molar-refractivity contribution in [2.75, 3.05) is 13.2 Å². The van der Waals surface area contributed by atoms with Crippen LogP contribution in [0.1, 0.15) is 29.8 Å². The summed E-state index contributed by atoms with van der Waals surface area (Å²) in [6.45, 7) is 4.03. The molecule has 0 aromatic heterocycles. The van der Waals surface area contributed by atoms with Gasteiger partial charge in [0.05, 0.1) is 6.61 Å². The molecule has 0 spiro atoms. The van der Waals surface area contributed by atoms with Gasteiger partial charge in [0, 0.05) is 24.2 Å². The lowest BCUT2D eigenvalue weighted by molar-refractivity contribution is -0.128. The first kappa shape index (κ1) is 15.9. The molecule has 0 fully saturated rings. The van der Waals surface area contributed by atoms with Crippen LogP contribution in [0.25, 0.3) is 6.08 Å². The van der Waals surface area contributed by atoms with Gasteiger partial charge in [0.2, 0.25) is 11.8 Å². The Hall–Kier alpha value is -2.14. The van der Waals surface area contributed by atoms with E-state index < -0.39 is 5.91 Å². The van der Waals surface area contributed by atoms with Crippen molar-refractivity contribution < 1.29 is 14.7 Å². The molecule has 1 rings (SSSR count). The van der Waals surface area contributed by atoms with E-state index in [1.165, 1.54) is 6.08 Å². The Morgan fingerprint density at radius 3 is 2.35 bits per heavy atom. The number of carbonyl (C=O) groups is 2. The highest BCUT2D eigenvalue weighted by molar-refractivity contribution is 5.94. The van der Waals surface area contributed by atoms with Crippen LogP contribution in [0.3, 0.4) is 0 Å². The zero-order chi connectivity index (χ0) is 15.1. The maximum absolute atomic E-state index is 12.0. The van der Waals surface area contributed by atoms with Crippen LogP contribution >= 0.6 is 0 Å². The van der Waals surface area contributed by atoms with Crippen LogP contribution in [-0.4, -0.2) is 41.0 Å². The Kier molecular flexibility index (Phi) is 5.93. The summed E-state index contributed by atoms with van der Waals surface area (Å²) in [6, 6.07) is 6.68. The van der Waals surface area contributed by atoms with Crippen LogP contribution in [0, 0.1) is 0 Å². The summed E-state index contributed by atoms with van der Waals surface area (Å²) < 4.78 is 0. The molecular formula is C15H20N2O3. The number of amides is 2. The van der Waals surface area contributed by atoms with E-state index in [2.05, 4.69) is 0 Å². The standard InChI is InChI=1S/C15H20N2O3/c1-11(2)17(9-10-18)14(19)8-5-12-3-6-13(7-4-12)15(16)20/h3-8,11,18H,9-10H2,1-2H3,(H2,16,20)/b8-5+. The molecule has 20 heavy (non-hydrogen) atoms. The fourth-order valence-corrected chi connectivity index (χ4v) is 1.75. The number of hydrogen-bond donors (Lipinski definition) is 2. The molecule has 0 atom stereocenters. The van der Waals surface area contributed by atoms with Crippen LogP contribution < -0.4 is 5.73 Å². The fourth-order valence-electron chi connectivity index (χ4n) is 1.75. The summed E-state index contributed by atoms with van der Waals surface area (Å²) in [4.78, 5) is 24.5. The second-order valence-corrected chi connectivity index (χ2v) is 4.67. The van der Waals surface area contributed by atoms with Gasteiger partial charge in [-0.3, -0.25) is 9.59 Å². The number of nitrogens with two attached hydrogens (primary N) is 1. The molecule has 0 radical (unpaired) electrons. The minimum atomic E-state index is -0.481. The number of aliphatic hydroxyl groups is 1. The SMILES string of the molecule is CC(C)N(CCO)C(=O)/C=C/c1ccc(C(N)=O)cc1. The van der Waals surface area contributed by atoms with Gasteiger partial charge < -0.3 is 15.7 Å². The van der Waals surface area contributed by atoms with Crippen molar-refractivity contribution in [3.05, 3.63) is 41.5 Å². The van der Waals surface area contributed by atoms with Crippen molar-refractivity contribution in [3.8, 4) is 0 Å². The van der Waals surface area contributed by atoms with E-state index in [0.29, 0.717) is 12.1 Å². The Balaban J connectivity index is 2.75. The van der Waals surface area contributed by atoms with Gasteiger partial charge in [-0.25, -0.2) is 0 Å². The highest BCUT2D eigenvalue weighted by Crippen LogP contribution is 2.07. The molecule has 0 saturated heterocycles. The van der Waals surface area contributed by atoms with E-state index in [1.807, 2.05) is 13.8 Å². The maximum atomic E-state index is 12.0. The molecule has 108 valence electrons.